The number of benzene rings is 1. The van der Waals surface area contributed by atoms with E-state index in [9.17, 15) is 4.79 Å². The smallest absolute Gasteiger partial charge is 0.462 e. The third-order valence-electron chi connectivity index (χ3n) is 3.18. The van der Waals surface area contributed by atoms with Crippen molar-refractivity contribution in [3.05, 3.63) is 42.0 Å². The molecular formula is C15H22O5Si. The van der Waals surface area contributed by atoms with Crippen LogP contribution in [0.1, 0.15) is 22.3 Å². The summed E-state index contributed by atoms with van der Waals surface area (Å²) in [5, 5.41) is 0. The molecule has 0 heterocycles. The maximum absolute atomic E-state index is 11.8. The summed E-state index contributed by atoms with van der Waals surface area (Å²) < 4.78 is 21.1. The first kappa shape index (κ1) is 17.6. The van der Waals surface area contributed by atoms with E-state index in [1.165, 1.54) is 0 Å². The second kappa shape index (κ2) is 8.73. The van der Waals surface area contributed by atoms with Crippen molar-refractivity contribution in [2.75, 3.05) is 27.9 Å². The number of carbonyl (C=O) groups is 1. The van der Waals surface area contributed by atoms with E-state index in [1.54, 1.807) is 39.5 Å². The summed E-state index contributed by atoms with van der Waals surface area (Å²) in [6.07, 6.45) is 2.35. The van der Waals surface area contributed by atoms with Gasteiger partial charge in [-0.2, -0.15) is 0 Å². The maximum Gasteiger partial charge on any atom is 0.500 e. The van der Waals surface area contributed by atoms with Gasteiger partial charge in [-0.25, -0.2) is 4.79 Å². The zero-order chi connectivity index (χ0) is 15.7. The van der Waals surface area contributed by atoms with E-state index in [0.29, 0.717) is 24.6 Å². The molecule has 0 fully saturated rings. The Bertz CT molecular complexity index is 445. The highest BCUT2D eigenvalue weighted by Gasteiger charge is 2.36. The molecule has 0 radical (unpaired) electrons. The van der Waals surface area contributed by atoms with Gasteiger partial charge >= 0.3 is 14.8 Å². The Morgan fingerprint density at radius 1 is 1.14 bits per heavy atom. The Morgan fingerprint density at radius 2 is 1.71 bits per heavy atom. The molecule has 1 aromatic carbocycles. The van der Waals surface area contributed by atoms with Gasteiger partial charge in [0.2, 0.25) is 0 Å². The number of esters is 1. The molecule has 0 saturated carbocycles. The molecule has 0 amide bonds. The Morgan fingerprint density at radius 3 is 2.19 bits per heavy atom. The van der Waals surface area contributed by atoms with Gasteiger partial charge in [0, 0.05) is 27.4 Å². The number of hydrogen-bond acceptors (Lipinski definition) is 5. The van der Waals surface area contributed by atoms with Crippen LogP contribution in [0.2, 0.25) is 6.04 Å². The predicted molar refractivity (Wildman–Crippen MR) is 83.0 cm³/mol. The first-order valence-corrected chi connectivity index (χ1v) is 8.59. The third-order valence-corrected chi connectivity index (χ3v) is 6.01. The van der Waals surface area contributed by atoms with Crippen molar-refractivity contribution in [3.8, 4) is 0 Å². The van der Waals surface area contributed by atoms with Gasteiger partial charge in [-0.1, -0.05) is 24.8 Å². The molecule has 116 valence electrons. The van der Waals surface area contributed by atoms with Crippen molar-refractivity contribution in [3.63, 3.8) is 0 Å². The largest absolute Gasteiger partial charge is 0.500 e. The van der Waals surface area contributed by atoms with Crippen LogP contribution in [0.15, 0.2) is 30.8 Å². The molecule has 0 spiro atoms. The Labute approximate surface area is 126 Å². The van der Waals surface area contributed by atoms with Gasteiger partial charge in [0.15, 0.2) is 0 Å². The van der Waals surface area contributed by atoms with Crippen LogP contribution in [-0.4, -0.2) is 42.7 Å². The van der Waals surface area contributed by atoms with Gasteiger partial charge in [0.1, 0.15) is 0 Å². The third kappa shape index (κ3) is 5.09. The van der Waals surface area contributed by atoms with Crippen LogP contribution in [0.5, 0.6) is 0 Å². The molecule has 0 bridgehead atoms. The van der Waals surface area contributed by atoms with E-state index in [-0.39, 0.29) is 5.97 Å². The lowest BCUT2D eigenvalue weighted by Crippen LogP contribution is -2.42. The molecular weight excluding hydrogens is 288 g/mol. The fourth-order valence-corrected chi connectivity index (χ4v) is 3.54. The molecule has 0 aliphatic heterocycles. The highest BCUT2D eigenvalue weighted by atomic mass is 28.4. The second-order valence-corrected chi connectivity index (χ2v) is 7.45. The van der Waals surface area contributed by atoms with Crippen molar-refractivity contribution >= 4 is 20.8 Å². The van der Waals surface area contributed by atoms with E-state index in [2.05, 4.69) is 6.58 Å². The summed E-state index contributed by atoms with van der Waals surface area (Å²) in [5.41, 5.74) is 1.48. The van der Waals surface area contributed by atoms with Gasteiger partial charge in [-0.15, -0.1) is 0 Å². The molecule has 0 aliphatic carbocycles. The van der Waals surface area contributed by atoms with Crippen LogP contribution < -0.4 is 0 Å². The highest BCUT2D eigenvalue weighted by molar-refractivity contribution is 6.60. The summed E-state index contributed by atoms with van der Waals surface area (Å²) in [7, 11) is 2.10. The van der Waals surface area contributed by atoms with Crippen molar-refractivity contribution in [1.29, 1.82) is 0 Å². The molecule has 1 rings (SSSR count). The zero-order valence-corrected chi connectivity index (χ0v) is 13.8. The van der Waals surface area contributed by atoms with Crippen LogP contribution in [0.25, 0.3) is 6.08 Å². The molecule has 6 heteroatoms. The van der Waals surface area contributed by atoms with Crippen LogP contribution in [-0.2, 0) is 18.0 Å². The summed E-state index contributed by atoms with van der Waals surface area (Å²) in [4.78, 5) is 11.8. The summed E-state index contributed by atoms with van der Waals surface area (Å²) >= 11 is 0. The molecule has 0 aromatic heterocycles. The maximum atomic E-state index is 11.8. The second-order valence-electron chi connectivity index (χ2n) is 4.36. The summed E-state index contributed by atoms with van der Waals surface area (Å²) in [6, 6.07) is 7.68. The normalized spacial score (nSPS) is 11.2. The minimum Gasteiger partial charge on any atom is -0.462 e. The molecule has 5 nitrogen and oxygen atoms in total. The fraction of sp³-hybridized carbons (Fsp3) is 0.400. The van der Waals surface area contributed by atoms with Crippen LogP contribution in [0.4, 0.5) is 0 Å². The monoisotopic (exact) mass is 310 g/mol. The first-order chi connectivity index (χ1) is 10.1. The molecule has 0 atom stereocenters. The minimum atomic E-state index is -2.58. The molecule has 1 aromatic rings. The number of rotatable bonds is 9. The van der Waals surface area contributed by atoms with E-state index >= 15 is 0 Å². The van der Waals surface area contributed by atoms with Crippen molar-refractivity contribution in [2.24, 2.45) is 0 Å². The summed E-state index contributed by atoms with van der Waals surface area (Å²) in [5.74, 6) is -0.342. The van der Waals surface area contributed by atoms with Crippen molar-refractivity contribution in [1.82, 2.24) is 0 Å². The van der Waals surface area contributed by atoms with Crippen LogP contribution in [0.3, 0.4) is 0 Å². The van der Waals surface area contributed by atoms with Gasteiger partial charge < -0.3 is 18.0 Å². The van der Waals surface area contributed by atoms with Gasteiger partial charge in [-0.05, 0) is 24.1 Å². The number of ether oxygens (including phenoxy) is 1. The molecule has 0 unspecified atom stereocenters. The van der Waals surface area contributed by atoms with Crippen molar-refractivity contribution < 1.29 is 22.8 Å². The molecule has 0 aliphatic rings. The number of carbonyl (C=O) groups excluding carboxylic acids is 1. The molecule has 21 heavy (non-hydrogen) atoms. The quantitative estimate of drug-likeness (QED) is 0.399. The van der Waals surface area contributed by atoms with Crippen LogP contribution in [0, 0.1) is 0 Å². The Balaban J connectivity index is 2.41. The standard InChI is InChI=1S/C15H22O5Si/c1-5-13-7-9-14(10-8-13)15(16)20-11-6-12-21(17-2,18-3)19-4/h5,7-10H,1,6,11-12H2,2-4H3. The minimum absolute atomic E-state index is 0.298. The first-order valence-electron chi connectivity index (χ1n) is 6.66. The van der Waals surface area contributed by atoms with Gasteiger partial charge in [0.25, 0.3) is 0 Å². The fourth-order valence-electron chi connectivity index (χ4n) is 1.85. The van der Waals surface area contributed by atoms with E-state index < -0.39 is 8.80 Å². The Hall–Kier alpha value is -1.47. The van der Waals surface area contributed by atoms with Gasteiger partial charge in [0.05, 0.1) is 12.2 Å². The number of hydrogen-bond donors (Lipinski definition) is 0. The summed E-state index contributed by atoms with van der Waals surface area (Å²) in [6.45, 7) is 3.96. The van der Waals surface area contributed by atoms with E-state index in [0.717, 1.165) is 5.56 Å². The topological polar surface area (TPSA) is 54.0 Å². The molecule has 0 N–H and O–H groups in total. The lowest BCUT2D eigenvalue weighted by molar-refractivity contribution is 0.0493. The van der Waals surface area contributed by atoms with Crippen LogP contribution >= 0.6 is 0 Å². The van der Waals surface area contributed by atoms with Crippen molar-refractivity contribution in [2.45, 2.75) is 12.5 Å². The SMILES string of the molecule is C=Cc1ccc(C(=O)OCCC[Si](OC)(OC)OC)cc1. The highest BCUT2D eigenvalue weighted by Crippen LogP contribution is 2.15. The molecule has 0 saturated heterocycles. The average molecular weight is 310 g/mol. The van der Waals surface area contributed by atoms with E-state index in [1.807, 2.05) is 12.1 Å². The zero-order valence-electron chi connectivity index (χ0n) is 12.8. The van der Waals surface area contributed by atoms with Gasteiger partial charge in [-0.3, -0.25) is 0 Å². The van der Waals surface area contributed by atoms with E-state index in [4.69, 9.17) is 18.0 Å². The predicted octanol–water partition coefficient (Wildman–Crippen LogP) is 2.75. The lowest BCUT2D eigenvalue weighted by Gasteiger charge is -2.24. The lowest BCUT2D eigenvalue weighted by atomic mass is 10.1. The Kier molecular flexibility index (Phi) is 7.31. The average Bonchev–Trinajstić information content (AvgIpc) is 2.55.